The third-order valence-corrected chi connectivity index (χ3v) is 10.8. The minimum Gasteiger partial charge on any atom is -0.508 e. The molecule has 6 heterocycles. The molecule has 12 heteroatoms. The first-order chi connectivity index (χ1) is 23.2. The number of phenolic OH excluding ortho intramolecular Hbond substituents is 1. The van der Waals surface area contributed by atoms with Gasteiger partial charge in [-0.2, -0.15) is 9.97 Å². The Morgan fingerprint density at radius 2 is 2.06 bits per heavy atom. The topological polar surface area (TPSA) is 113 Å². The van der Waals surface area contributed by atoms with Crippen LogP contribution in [0, 0.1) is 5.82 Å². The van der Waals surface area contributed by atoms with Gasteiger partial charge in [-0.1, -0.05) is 6.92 Å². The van der Waals surface area contributed by atoms with E-state index in [0.29, 0.717) is 49.7 Å². The van der Waals surface area contributed by atoms with Gasteiger partial charge in [-0.3, -0.25) is 9.69 Å². The smallest absolute Gasteiger partial charge is 0.319 e. The number of likely N-dealkylation sites (N-methyl/N-ethyl adjacent to an activating group) is 1. The van der Waals surface area contributed by atoms with Crippen molar-refractivity contribution in [2.24, 2.45) is 0 Å². The van der Waals surface area contributed by atoms with E-state index in [1.165, 1.54) is 0 Å². The fourth-order valence-electron chi connectivity index (χ4n) is 8.48. The summed E-state index contributed by atoms with van der Waals surface area (Å²) in [5.74, 6) is 0.464. The molecular formula is C36H43FN6O5. The number of aryl methyl sites for hydroxylation is 1. The summed E-state index contributed by atoms with van der Waals surface area (Å²) in [5.41, 5.74) is 3.60. The molecule has 3 aromatic rings. The van der Waals surface area contributed by atoms with Gasteiger partial charge in [-0.15, -0.1) is 0 Å². The van der Waals surface area contributed by atoms with E-state index < -0.39 is 5.82 Å². The lowest BCUT2D eigenvalue weighted by Gasteiger charge is -2.31. The number of hydrogen-bond donors (Lipinski definition) is 1. The van der Waals surface area contributed by atoms with Gasteiger partial charge in [0.2, 0.25) is 11.8 Å². The maximum absolute atomic E-state index is 17.1. The van der Waals surface area contributed by atoms with E-state index in [-0.39, 0.29) is 52.3 Å². The first kappa shape index (κ1) is 31.3. The predicted molar refractivity (Wildman–Crippen MR) is 178 cm³/mol. The zero-order valence-electron chi connectivity index (χ0n) is 27.9. The van der Waals surface area contributed by atoms with Crippen molar-refractivity contribution in [2.45, 2.75) is 69.4 Å². The van der Waals surface area contributed by atoms with Crippen molar-refractivity contribution >= 4 is 22.6 Å². The fourth-order valence-corrected chi connectivity index (χ4v) is 8.48. The number of nitrogens with zero attached hydrogens (tertiary/aromatic N) is 6. The van der Waals surface area contributed by atoms with Crippen molar-refractivity contribution in [1.29, 1.82) is 0 Å². The number of amides is 1. The number of anilines is 1. The largest absolute Gasteiger partial charge is 0.508 e. The Hall–Kier alpha value is -4.03. The molecule has 48 heavy (non-hydrogen) atoms. The maximum atomic E-state index is 17.1. The molecule has 0 spiro atoms. The van der Waals surface area contributed by atoms with Gasteiger partial charge in [0, 0.05) is 45.4 Å². The number of rotatable bonds is 5. The van der Waals surface area contributed by atoms with Crippen LogP contribution in [0.25, 0.3) is 22.2 Å². The van der Waals surface area contributed by atoms with E-state index in [1.807, 2.05) is 0 Å². The van der Waals surface area contributed by atoms with Crippen LogP contribution in [0.15, 0.2) is 23.8 Å². The highest BCUT2D eigenvalue weighted by Gasteiger charge is 2.47. The van der Waals surface area contributed by atoms with Crippen LogP contribution < -0.4 is 14.4 Å². The van der Waals surface area contributed by atoms with Crippen LogP contribution in [0.3, 0.4) is 0 Å². The predicted octanol–water partition coefficient (Wildman–Crippen LogP) is 4.60. The van der Waals surface area contributed by atoms with Crippen molar-refractivity contribution in [1.82, 2.24) is 24.8 Å². The van der Waals surface area contributed by atoms with Crippen molar-refractivity contribution < 1.29 is 28.5 Å². The van der Waals surface area contributed by atoms with Gasteiger partial charge < -0.3 is 29.1 Å². The van der Waals surface area contributed by atoms with E-state index >= 15 is 4.39 Å². The summed E-state index contributed by atoms with van der Waals surface area (Å²) in [4.78, 5) is 33.1. The van der Waals surface area contributed by atoms with Crippen LogP contribution in [-0.4, -0.2) is 108 Å². The summed E-state index contributed by atoms with van der Waals surface area (Å²) in [7, 11) is 3.51. The first-order valence-corrected chi connectivity index (χ1v) is 17.2. The van der Waals surface area contributed by atoms with Gasteiger partial charge in [-0.05, 0) is 86.2 Å². The summed E-state index contributed by atoms with van der Waals surface area (Å²) in [5, 5.41) is 11.1. The number of benzene rings is 1. The van der Waals surface area contributed by atoms with Crippen molar-refractivity contribution in [2.75, 3.05) is 65.1 Å². The molecule has 3 atom stereocenters. The Labute approximate surface area is 279 Å². The van der Waals surface area contributed by atoms with Gasteiger partial charge >= 0.3 is 6.01 Å². The highest BCUT2D eigenvalue weighted by Crippen LogP contribution is 2.46. The Kier molecular flexibility index (Phi) is 7.90. The molecule has 0 bridgehead atoms. The molecule has 0 radical (unpaired) electrons. The highest BCUT2D eigenvalue weighted by atomic mass is 19.1. The molecule has 1 aromatic carbocycles. The average Bonchev–Trinajstić information content (AvgIpc) is 3.43. The van der Waals surface area contributed by atoms with Crippen LogP contribution in [0.2, 0.25) is 0 Å². The Balaban J connectivity index is 1.24. The SMILES string of the molecule is C[C@@H]1CCCc2cc(O)cc(-c3nc4c5c(nc(OC[C@@]67CCCN6C/C(=C\C(=O)N(C)C)C7)nc5c3F)N3CCCOC[C@H]3CO4)c21. The molecule has 3 saturated heterocycles. The molecule has 4 aliphatic heterocycles. The number of halogens is 1. The third-order valence-electron chi connectivity index (χ3n) is 10.8. The maximum Gasteiger partial charge on any atom is 0.319 e. The molecule has 5 aliphatic rings. The summed E-state index contributed by atoms with van der Waals surface area (Å²) in [6.45, 7) is 6.13. The summed E-state index contributed by atoms with van der Waals surface area (Å²) in [6.07, 6.45) is 8.02. The lowest BCUT2D eigenvalue weighted by molar-refractivity contribution is -0.123. The Morgan fingerprint density at radius 1 is 1.19 bits per heavy atom. The summed E-state index contributed by atoms with van der Waals surface area (Å²) in [6, 6.07) is 3.35. The van der Waals surface area contributed by atoms with E-state index in [2.05, 4.69) is 16.7 Å². The van der Waals surface area contributed by atoms with Crippen LogP contribution in [0.5, 0.6) is 17.6 Å². The number of pyridine rings is 1. The molecule has 1 aliphatic carbocycles. The van der Waals surface area contributed by atoms with Crippen LogP contribution >= 0.6 is 0 Å². The van der Waals surface area contributed by atoms with Gasteiger partial charge in [0.25, 0.3) is 0 Å². The van der Waals surface area contributed by atoms with Gasteiger partial charge in [0.1, 0.15) is 41.4 Å². The number of hydrogen-bond acceptors (Lipinski definition) is 10. The molecule has 254 valence electrons. The van der Waals surface area contributed by atoms with E-state index in [9.17, 15) is 9.90 Å². The second-order valence-corrected chi connectivity index (χ2v) is 14.3. The number of phenols is 1. The molecule has 3 fully saturated rings. The van der Waals surface area contributed by atoms with Gasteiger partial charge in [0.05, 0.1) is 18.2 Å². The zero-order valence-corrected chi connectivity index (χ0v) is 27.9. The molecule has 0 saturated carbocycles. The molecular weight excluding hydrogens is 615 g/mol. The van der Waals surface area contributed by atoms with E-state index in [0.717, 1.165) is 74.7 Å². The number of fused-ring (bicyclic) bond motifs is 4. The number of ether oxygens (including phenoxy) is 3. The highest BCUT2D eigenvalue weighted by molar-refractivity contribution is 5.97. The first-order valence-electron chi connectivity index (χ1n) is 17.2. The van der Waals surface area contributed by atoms with Crippen LogP contribution in [0.1, 0.15) is 62.5 Å². The molecule has 11 nitrogen and oxygen atoms in total. The number of carbonyl (C=O) groups excluding carboxylic acids is 1. The molecule has 8 rings (SSSR count). The third kappa shape index (κ3) is 5.33. The molecule has 1 amide bonds. The Bertz CT molecular complexity index is 1820. The van der Waals surface area contributed by atoms with Gasteiger partial charge in [0.15, 0.2) is 5.82 Å². The standard InChI is InChI=1S/C36H43FN6O5/c1-21-7-4-8-23-14-25(44)15-26(28(21)23)31-30(37)32-29-33(43-11-6-12-46-18-24(43)19-47-34(29)38-31)40-35(39-32)48-20-36-9-5-10-42(36)17-22(16-36)13-27(45)41(2)3/h13-15,21,24,44H,4-12,16-20H2,1-3H3/b22-13-/t21-,24+,36+/m1/s1. The van der Waals surface area contributed by atoms with Crippen molar-refractivity contribution in [3.63, 3.8) is 0 Å². The van der Waals surface area contributed by atoms with Crippen LogP contribution in [-0.2, 0) is 16.0 Å². The fraction of sp³-hybridized carbons (Fsp3) is 0.556. The summed E-state index contributed by atoms with van der Waals surface area (Å²) < 4.78 is 35.8. The normalized spacial score (nSPS) is 26.0. The molecule has 2 aromatic heterocycles. The van der Waals surface area contributed by atoms with Crippen LogP contribution in [0.4, 0.5) is 10.2 Å². The molecule has 0 unspecified atom stereocenters. The van der Waals surface area contributed by atoms with Crippen molar-refractivity contribution in [3.05, 3.63) is 40.7 Å². The number of carbonyl (C=O) groups is 1. The monoisotopic (exact) mass is 658 g/mol. The number of aromatic nitrogens is 3. The second kappa shape index (κ2) is 12.1. The quantitative estimate of drug-likeness (QED) is 0.391. The number of aromatic hydroxyl groups is 1. The van der Waals surface area contributed by atoms with E-state index in [1.54, 1.807) is 37.2 Å². The zero-order chi connectivity index (χ0) is 33.2. The lowest BCUT2D eigenvalue weighted by Crippen LogP contribution is -2.43. The average molecular weight is 659 g/mol. The Morgan fingerprint density at radius 3 is 2.92 bits per heavy atom. The second-order valence-electron chi connectivity index (χ2n) is 14.3. The minimum atomic E-state index is -0.588. The lowest BCUT2D eigenvalue weighted by atomic mass is 9.80. The van der Waals surface area contributed by atoms with E-state index in [4.69, 9.17) is 29.2 Å². The van der Waals surface area contributed by atoms with Gasteiger partial charge in [-0.25, -0.2) is 9.37 Å². The van der Waals surface area contributed by atoms with Crippen molar-refractivity contribution in [3.8, 4) is 28.9 Å². The molecule has 1 N–H and O–H groups in total. The summed E-state index contributed by atoms with van der Waals surface area (Å²) >= 11 is 0. The minimum absolute atomic E-state index is 0.0217.